The smallest absolute Gasteiger partial charge is 0.344 e. The van der Waals surface area contributed by atoms with Crippen molar-refractivity contribution in [3.05, 3.63) is 84.3 Å². The Balaban J connectivity index is 2.07. The summed E-state index contributed by atoms with van der Waals surface area (Å²) in [6.07, 6.45) is 9.25. The lowest BCUT2D eigenvalue weighted by Crippen LogP contribution is -2.09. The Morgan fingerprint density at radius 3 is 2.84 bits per heavy atom. The number of carbonyl (C=O) groups is 1. The molecule has 0 saturated heterocycles. The number of rotatable bonds is 6. The molecule has 0 radical (unpaired) electrons. The molecule has 0 amide bonds. The molecule has 25 heavy (non-hydrogen) atoms. The van der Waals surface area contributed by atoms with E-state index in [1.807, 2.05) is 30.5 Å². The molecule has 3 rings (SSSR count). The summed E-state index contributed by atoms with van der Waals surface area (Å²) in [4.78, 5) is 16.6. The summed E-state index contributed by atoms with van der Waals surface area (Å²) < 4.78 is 7.51. The van der Waals surface area contributed by atoms with Gasteiger partial charge in [-0.1, -0.05) is 29.8 Å². The number of aromatic nitrogens is 2. The van der Waals surface area contributed by atoms with Gasteiger partial charge < -0.3 is 9.30 Å². The van der Waals surface area contributed by atoms with Gasteiger partial charge in [-0.2, -0.15) is 0 Å². The number of fused-ring (bicyclic) bond motifs is 1. The van der Waals surface area contributed by atoms with Gasteiger partial charge in [0.1, 0.15) is 0 Å². The Hall–Kier alpha value is -2.85. The van der Waals surface area contributed by atoms with Crippen molar-refractivity contribution >= 4 is 28.5 Å². The molecule has 3 aromatic rings. The van der Waals surface area contributed by atoms with Crippen molar-refractivity contribution in [1.82, 2.24) is 9.55 Å². The number of hydrogen-bond acceptors (Lipinski definition) is 3. The zero-order chi connectivity index (χ0) is 17.8. The summed E-state index contributed by atoms with van der Waals surface area (Å²) in [5.74, 6) is -0.137. The highest BCUT2D eigenvalue weighted by Crippen LogP contribution is 2.27. The van der Waals surface area contributed by atoms with Crippen molar-refractivity contribution in [2.24, 2.45) is 0 Å². The maximum atomic E-state index is 12.7. The summed E-state index contributed by atoms with van der Waals surface area (Å²) in [5, 5.41) is 1.28. The van der Waals surface area contributed by atoms with Crippen LogP contribution in [0, 0.1) is 0 Å². The highest BCUT2D eigenvalue weighted by molar-refractivity contribution is 6.30. The zero-order valence-corrected chi connectivity index (χ0v) is 14.4. The molecule has 0 N–H and O–H groups in total. The van der Waals surface area contributed by atoms with Crippen LogP contribution in [0.4, 0.5) is 0 Å². The first-order valence-electron chi connectivity index (χ1n) is 7.79. The fraction of sp³-hybridized carbons (Fsp3) is 0.100. The Kier molecular flexibility index (Phi) is 5.00. The van der Waals surface area contributed by atoms with Crippen molar-refractivity contribution in [3.63, 3.8) is 0 Å². The van der Waals surface area contributed by atoms with E-state index in [0.29, 0.717) is 29.3 Å². The molecule has 126 valence electrons. The van der Waals surface area contributed by atoms with Gasteiger partial charge >= 0.3 is 5.97 Å². The number of nitrogens with zero attached hydrogens (tertiary/aromatic N) is 2. The maximum absolute atomic E-state index is 12.7. The predicted molar refractivity (Wildman–Crippen MR) is 100 cm³/mol. The Morgan fingerprint density at radius 2 is 2.12 bits per heavy atom. The summed E-state index contributed by atoms with van der Waals surface area (Å²) >= 11 is 5.90. The summed E-state index contributed by atoms with van der Waals surface area (Å²) in [5.41, 5.74) is 2.47. The van der Waals surface area contributed by atoms with Crippen molar-refractivity contribution in [1.29, 1.82) is 0 Å². The average Bonchev–Trinajstić information content (AvgIpc) is 2.93. The summed E-state index contributed by atoms with van der Waals surface area (Å²) in [7, 11) is 0. The highest BCUT2D eigenvalue weighted by Gasteiger charge is 2.18. The third-order valence-electron chi connectivity index (χ3n) is 3.78. The lowest BCUT2D eigenvalue weighted by molar-refractivity contribution is 0.0736. The number of benzene rings is 1. The third kappa shape index (κ3) is 3.49. The predicted octanol–water partition coefficient (Wildman–Crippen LogP) is 4.82. The highest BCUT2D eigenvalue weighted by atomic mass is 35.5. The Labute approximate surface area is 151 Å². The Bertz CT molecular complexity index is 959. The van der Waals surface area contributed by atoms with E-state index < -0.39 is 5.97 Å². The van der Waals surface area contributed by atoms with E-state index in [2.05, 4.69) is 22.7 Å². The standard InChI is InChI=1S/C20H17ClN2O2/c1-3-6-14-13-23(9-4-2)18-8-5-7-17(19(14)18)20(24)25-16-10-15(21)11-22-12-16/h3-5,7-8,10-13H,1-2,6,9H2. The van der Waals surface area contributed by atoms with Gasteiger partial charge in [0.05, 0.1) is 16.8 Å². The molecular weight excluding hydrogens is 336 g/mol. The second kappa shape index (κ2) is 7.36. The number of halogens is 1. The van der Waals surface area contributed by atoms with Crippen LogP contribution in [0.25, 0.3) is 10.9 Å². The minimum atomic E-state index is -0.448. The second-order valence-electron chi connectivity index (χ2n) is 5.52. The molecule has 0 aliphatic rings. The fourth-order valence-electron chi connectivity index (χ4n) is 2.82. The molecule has 2 aromatic heterocycles. The quantitative estimate of drug-likeness (QED) is 0.471. The summed E-state index contributed by atoms with van der Waals surface area (Å²) in [6, 6.07) is 7.13. The first-order valence-corrected chi connectivity index (χ1v) is 8.17. The van der Waals surface area contributed by atoms with Crippen LogP contribution in [0.5, 0.6) is 5.75 Å². The van der Waals surface area contributed by atoms with E-state index in [-0.39, 0.29) is 0 Å². The number of pyridine rings is 1. The third-order valence-corrected chi connectivity index (χ3v) is 3.99. The fourth-order valence-corrected chi connectivity index (χ4v) is 2.98. The van der Waals surface area contributed by atoms with Crippen LogP contribution in [0.15, 0.2) is 68.2 Å². The van der Waals surface area contributed by atoms with E-state index in [1.54, 1.807) is 12.1 Å². The van der Waals surface area contributed by atoms with Gasteiger partial charge in [0.25, 0.3) is 0 Å². The van der Waals surface area contributed by atoms with E-state index in [1.165, 1.54) is 12.4 Å². The van der Waals surface area contributed by atoms with Crippen molar-refractivity contribution in [3.8, 4) is 5.75 Å². The molecule has 0 saturated carbocycles. The Morgan fingerprint density at radius 1 is 1.28 bits per heavy atom. The molecule has 2 heterocycles. The lowest BCUT2D eigenvalue weighted by Gasteiger charge is -2.07. The number of ether oxygens (including phenoxy) is 1. The molecule has 0 fully saturated rings. The first kappa shape index (κ1) is 17.0. The van der Waals surface area contributed by atoms with Crippen LogP contribution < -0.4 is 4.74 Å². The minimum Gasteiger partial charge on any atom is -0.421 e. The van der Waals surface area contributed by atoms with Crippen LogP contribution in [-0.4, -0.2) is 15.5 Å². The van der Waals surface area contributed by atoms with Crippen LogP contribution in [0.1, 0.15) is 15.9 Å². The maximum Gasteiger partial charge on any atom is 0.344 e. The van der Waals surface area contributed by atoms with E-state index in [0.717, 1.165) is 16.5 Å². The van der Waals surface area contributed by atoms with E-state index in [4.69, 9.17) is 16.3 Å². The van der Waals surface area contributed by atoms with Gasteiger partial charge in [-0.25, -0.2) is 4.79 Å². The van der Waals surface area contributed by atoms with Crippen molar-refractivity contribution < 1.29 is 9.53 Å². The van der Waals surface area contributed by atoms with Crippen LogP contribution in [-0.2, 0) is 13.0 Å². The molecule has 1 aromatic carbocycles. The van der Waals surface area contributed by atoms with E-state index >= 15 is 0 Å². The van der Waals surface area contributed by atoms with Crippen LogP contribution in [0.3, 0.4) is 0 Å². The van der Waals surface area contributed by atoms with Gasteiger partial charge in [-0.3, -0.25) is 4.98 Å². The second-order valence-corrected chi connectivity index (χ2v) is 5.95. The molecular formula is C20H17ClN2O2. The molecule has 4 nitrogen and oxygen atoms in total. The van der Waals surface area contributed by atoms with Gasteiger partial charge in [0.2, 0.25) is 0 Å². The molecule has 0 unspecified atom stereocenters. The zero-order valence-electron chi connectivity index (χ0n) is 13.6. The molecule has 0 aliphatic heterocycles. The van der Waals surface area contributed by atoms with Gasteiger partial charge in [-0.05, 0) is 24.1 Å². The SMILES string of the molecule is C=CCc1cn(CC=C)c2cccc(C(=O)Oc3cncc(Cl)c3)c12. The number of carbonyl (C=O) groups excluding carboxylic acids is 1. The molecule has 0 spiro atoms. The normalized spacial score (nSPS) is 10.6. The molecule has 5 heteroatoms. The van der Waals surface area contributed by atoms with E-state index in [9.17, 15) is 4.79 Å². The summed E-state index contributed by atoms with van der Waals surface area (Å²) in [6.45, 7) is 8.25. The number of allylic oxidation sites excluding steroid dienone is 2. The number of esters is 1. The average molecular weight is 353 g/mol. The lowest BCUT2D eigenvalue weighted by atomic mass is 10.0. The number of hydrogen-bond donors (Lipinski definition) is 0. The van der Waals surface area contributed by atoms with Crippen molar-refractivity contribution in [2.75, 3.05) is 0 Å². The topological polar surface area (TPSA) is 44.1 Å². The van der Waals surface area contributed by atoms with Crippen LogP contribution in [0.2, 0.25) is 5.02 Å². The monoisotopic (exact) mass is 352 g/mol. The molecule has 0 bridgehead atoms. The van der Waals surface area contributed by atoms with Crippen LogP contribution >= 0.6 is 11.6 Å². The van der Waals surface area contributed by atoms with Gasteiger partial charge in [0.15, 0.2) is 5.75 Å². The largest absolute Gasteiger partial charge is 0.421 e. The molecule has 0 aliphatic carbocycles. The van der Waals surface area contributed by atoms with Gasteiger partial charge in [0, 0.05) is 35.9 Å². The van der Waals surface area contributed by atoms with Crippen molar-refractivity contribution in [2.45, 2.75) is 13.0 Å². The van der Waals surface area contributed by atoms with Gasteiger partial charge in [-0.15, -0.1) is 13.2 Å². The minimum absolute atomic E-state index is 0.310. The molecule has 0 atom stereocenters. The first-order chi connectivity index (χ1) is 12.1.